The highest BCUT2D eigenvalue weighted by atomic mass is 16.4. The van der Waals surface area contributed by atoms with Gasteiger partial charge in [-0.05, 0) is 38.3 Å². The van der Waals surface area contributed by atoms with Crippen LogP contribution in [-0.4, -0.2) is 29.7 Å². The van der Waals surface area contributed by atoms with Gasteiger partial charge in [0.15, 0.2) is 0 Å². The van der Waals surface area contributed by atoms with Crippen LogP contribution in [0.2, 0.25) is 0 Å². The Bertz CT molecular complexity index is 537. The summed E-state index contributed by atoms with van der Waals surface area (Å²) in [5, 5.41) is 11.9. The predicted molar refractivity (Wildman–Crippen MR) is 81.5 cm³/mol. The molecular weight excluding hydrogens is 268 g/mol. The number of carbonyl (C=O) groups excluding carboxylic acids is 1. The number of carboxylic acids is 1. The maximum atomic E-state index is 12.4. The summed E-state index contributed by atoms with van der Waals surface area (Å²) in [5.74, 6) is -1.03. The van der Waals surface area contributed by atoms with Gasteiger partial charge in [-0.15, -0.1) is 0 Å². The molecule has 0 heterocycles. The Morgan fingerprint density at radius 1 is 1.29 bits per heavy atom. The third-order valence-electron chi connectivity index (χ3n) is 3.48. The molecule has 0 fully saturated rings. The lowest BCUT2D eigenvalue weighted by atomic mass is 10.0. The highest BCUT2D eigenvalue weighted by Gasteiger charge is 2.21. The summed E-state index contributed by atoms with van der Waals surface area (Å²) in [6.45, 7) is 1.59. The van der Waals surface area contributed by atoms with Gasteiger partial charge in [-0.25, -0.2) is 4.79 Å². The number of carboxylic acid groups (broad SMARTS) is 1. The number of aliphatic carboxylic acids is 1. The van der Waals surface area contributed by atoms with Crippen LogP contribution in [0.1, 0.15) is 24.8 Å². The summed E-state index contributed by atoms with van der Waals surface area (Å²) in [6, 6.07) is 6.96. The number of hydrogen-bond donors (Lipinski definition) is 2. The van der Waals surface area contributed by atoms with Gasteiger partial charge in [0.25, 0.3) is 0 Å². The molecule has 5 nitrogen and oxygen atoms in total. The molecule has 1 aliphatic carbocycles. The van der Waals surface area contributed by atoms with Crippen molar-refractivity contribution in [2.75, 3.05) is 11.4 Å². The molecule has 2 amide bonds. The standard InChI is InChI=1S/C16H20N2O3/c1-12-7-9-14(10-8-12)18(11-15(19)20)16(21)17-13-5-3-2-4-6-13/h2-3,7-10,13H,4-6,11H2,1H3,(H,17,21)(H,19,20). The number of nitrogens with one attached hydrogen (secondary N) is 1. The van der Waals surface area contributed by atoms with Crippen LogP contribution in [-0.2, 0) is 4.79 Å². The molecule has 0 spiro atoms. The van der Waals surface area contributed by atoms with Crippen molar-refractivity contribution < 1.29 is 14.7 Å². The van der Waals surface area contributed by atoms with E-state index in [1.807, 2.05) is 25.1 Å². The van der Waals surface area contributed by atoms with Crippen LogP contribution in [0.15, 0.2) is 36.4 Å². The fourth-order valence-corrected chi connectivity index (χ4v) is 2.32. The zero-order valence-corrected chi connectivity index (χ0v) is 12.1. The second-order valence-corrected chi connectivity index (χ2v) is 5.25. The molecule has 0 radical (unpaired) electrons. The normalized spacial score (nSPS) is 17.3. The van der Waals surface area contributed by atoms with E-state index in [9.17, 15) is 9.59 Å². The summed E-state index contributed by atoms with van der Waals surface area (Å²) < 4.78 is 0. The summed E-state index contributed by atoms with van der Waals surface area (Å²) >= 11 is 0. The molecule has 0 aliphatic heterocycles. The highest BCUT2D eigenvalue weighted by Crippen LogP contribution is 2.17. The van der Waals surface area contributed by atoms with Crippen LogP contribution < -0.4 is 10.2 Å². The van der Waals surface area contributed by atoms with Crippen molar-refractivity contribution in [1.82, 2.24) is 5.32 Å². The van der Waals surface area contributed by atoms with Gasteiger partial charge in [-0.2, -0.15) is 0 Å². The van der Waals surface area contributed by atoms with Crippen LogP contribution >= 0.6 is 0 Å². The van der Waals surface area contributed by atoms with E-state index in [0.717, 1.165) is 24.8 Å². The Morgan fingerprint density at radius 2 is 2.00 bits per heavy atom. The number of nitrogens with zero attached hydrogens (tertiary/aromatic N) is 1. The summed E-state index contributed by atoms with van der Waals surface area (Å²) in [7, 11) is 0. The summed E-state index contributed by atoms with van der Waals surface area (Å²) in [4.78, 5) is 24.6. The average Bonchev–Trinajstić information content (AvgIpc) is 2.46. The highest BCUT2D eigenvalue weighted by molar-refractivity contribution is 5.96. The Hall–Kier alpha value is -2.30. The zero-order valence-electron chi connectivity index (χ0n) is 12.1. The fraction of sp³-hybridized carbons (Fsp3) is 0.375. The molecule has 1 unspecified atom stereocenters. The molecular formula is C16H20N2O3. The molecule has 2 N–H and O–H groups in total. The minimum absolute atomic E-state index is 0.0734. The van der Waals surface area contributed by atoms with E-state index in [1.54, 1.807) is 12.1 Å². The quantitative estimate of drug-likeness (QED) is 0.837. The summed E-state index contributed by atoms with van der Waals surface area (Å²) in [5.41, 5.74) is 1.65. The smallest absolute Gasteiger partial charge is 0.323 e. The van der Waals surface area contributed by atoms with E-state index in [0.29, 0.717) is 5.69 Å². The number of anilines is 1. The molecule has 2 rings (SSSR count). The lowest BCUT2D eigenvalue weighted by molar-refractivity contribution is -0.135. The average molecular weight is 288 g/mol. The molecule has 0 bridgehead atoms. The number of urea groups is 1. The first-order chi connectivity index (χ1) is 10.1. The first kappa shape index (κ1) is 15.1. The number of amides is 2. The van der Waals surface area contributed by atoms with Crippen molar-refractivity contribution in [3.05, 3.63) is 42.0 Å². The van der Waals surface area contributed by atoms with Crippen LogP contribution in [0.25, 0.3) is 0 Å². The molecule has 5 heteroatoms. The Kier molecular flexibility index (Phi) is 4.98. The van der Waals surface area contributed by atoms with E-state index in [2.05, 4.69) is 11.4 Å². The van der Waals surface area contributed by atoms with Crippen molar-refractivity contribution in [2.24, 2.45) is 0 Å². The van der Waals surface area contributed by atoms with E-state index in [4.69, 9.17) is 5.11 Å². The molecule has 21 heavy (non-hydrogen) atoms. The number of hydrogen-bond acceptors (Lipinski definition) is 2. The van der Waals surface area contributed by atoms with Crippen molar-refractivity contribution in [3.63, 3.8) is 0 Å². The van der Waals surface area contributed by atoms with E-state index >= 15 is 0 Å². The van der Waals surface area contributed by atoms with Gasteiger partial charge in [-0.1, -0.05) is 29.8 Å². The van der Waals surface area contributed by atoms with E-state index in [-0.39, 0.29) is 18.6 Å². The number of allylic oxidation sites excluding steroid dienone is 1. The lowest BCUT2D eigenvalue weighted by Crippen LogP contribution is -2.47. The molecule has 0 saturated heterocycles. The lowest BCUT2D eigenvalue weighted by Gasteiger charge is -2.26. The fourth-order valence-electron chi connectivity index (χ4n) is 2.32. The molecule has 1 aromatic rings. The predicted octanol–water partition coefficient (Wildman–Crippen LogP) is 2.70. The van der Waals surface area contributed by atoms with Crippen molar-refractivity contribution in [3.8, 4) is 0 Å². The van der Waals surface area contributed by atoms with Gasteiger partial charge in [0, 0.05) is 11.7 Å². The van der Waals surface area contributed by atoms with Gasteiger partial charge in [-0.3, -0.25) is 9.69 Å². The zero-order chi connectivity index (χ0) is 15.2. The molecule has 0 saturated carbocycles. The molecule has 0 aromatic heterocycles. The number of carbonyl (C=O) groups is 2. The first-order valence-corrected chi connectivity index (χ1v) is 7.08. The van der Waals surface area contributed by atoms with Crippen LogP contribution in [0.4, 0.5) is 10.5 Å². The third kappa shape index (κ3) is 4.34. The van der Waals surface area contributed by atoms with Crippen LogP contribution in [0.5, 0.6) is 0 Å². The van der Waals surface area contributed by atoms with Gasteiger partial charge in [0.2, 0.25) is 0 Å². The van der Waals surface area contributed by atoms with Crippen molar-refractivity contribution >= 4 is 17.7 Å². The Balaban J connectivity index is 2.10. The minimum Gasteiger partial charge on any atom is -0.480 e. The number of aryl methyl sites for hydroxylation is 1. The molecule has 112 valence electrons. The van der Waals surface area contributed by atoms with Gasteiger partial charge in [0.1, 0.15) is 6.54 Å². The monoisotopic (exact) mass is 288 g/mol. The second kappa shape index (κ2) is 6.92. The van der Waals surface area contributed by atoms with Crippen LogP contribution in [0.3, 0.4) is 0 Å². The maximum absolute atomic E-state index is 12.4. The molecule has 1 aliphatic rings. The van der Waals surface area contributed by atoms with E-state index < -0.39 is 5.97 Å². The summed E-state index contributed by atoms with van der Waals surface area (Å²) in [6.07, 6.45) is 6.76. The molecule has 1 atom stereocenters. The maximum Gasteiger partial charge on any atom is 0.323 e. The largest absolute Gasteiger partial charge is 0.480 e. The minimum atomic E-state index is -1.03. The van der Waals surface area contributed by atoms with Crippen molar-refractivity contribution in [2.45, 2.75) is 32.2 Å². The van der Waals surface area contributed by atoms with Gasteiger partial charge in [0.05, 0.1) is 0 Å². The number of rotatable bonds is 4. The van der Waals surface area contributed by atoms with Crippen molar-refractivity contribution in [1.29, 1.82) is 0 Å². The Morgan fingerprint density at radius 3 is 2.57 bits per heavy atom. The van der Waals surface area contributed by atoms with E-state index in [1.165, 1.54) is 4.90 Å². The second-order valence-electron chi connectivity index (χ2n) is 5.25. The Labute approximate surface area is 124 Å². The van der Waals surface area contributed by atoms with Crippen LogP contribution in [0, 0.1) is 6.92 Å². The molecule has 1 aromatic carbocycles. The SMILES string of the molecule is Cc1ccc(N(CC(=O)O)C(=O)NC2CC=CCC2)cc1. The first-order valence-electron chi connectivity index (χ1n) is 7.08. The third-order valence-corrected chi connectivity index (χ3v) is 3.48. The van der Waals surface area contributed by atoms with Gasteiger partial charge >= 0.3 is 12.0 Å². The van der Waals surface area contributed by atoms with Gasteiger partial charge < -0.3 is 10.4 Å². The number of benzene rings is 1. The topological polar surface area (TPSA) is 69.6 Å².